The monoisotopic (exact) mass is 495 g/mol. The molecular weight excluding hydrogens is 471 g/mol. The second kappa shape index (κ2) is 10.7. The van der Waals surface area contributed by atoms with Gasteiger partial charge in [-0.1, -0.05) is 48.8 Å². The minimum atomic E-state index is -2.78. The molecule has 0 saturated carbocycles. The van der Waals surface area contributed by atoms with Gasteiger partial charge in [-0.05, 0) is 45.4 Å². The Morgan fingerprint density at radius 3 is 2.20 bits per heavy atom. The zero-order valence-electron chi connectivity index (χ0n) is 17.3. The van der Waals surface area contributed by atoms with Crippen LogP contribution in [-0.4, -0.2) is 48.2 Å². The van der Waals surface area contributed by atoms with Crippen molar-refractivity contribution in [2.75, 3.05) is 19.8 Å². The van der Waals surface area contributed by atoms with Gasteiger partial charge in [0.2, 0.25) is 0 Å². The molecule has 0 saturated heterocycles. The Morgan fingerprint density at radius 1 is 0.967 bits per heavy atom. The van der Waals surface area contributed by atoms with Gasteiger partial charge in [-0.3, -0.25) is 0 Å². The third-order valence-electron chi connectivity index (χ3n) is 4.77. The summed E-state index contributed by atoms with van der Waals surface area (Å²) in [4.78, 5) is 6.94. The number of fused-ring (bicyclic) bond motifs is 1. The lowest BCUT2D eigenvalue weighted by Crippen LogP contribution is -2.47. The highest BCUT2D eigenvalue weighted by molar-refractivity contribution is 7.90. The zero-order chi connectivity index (χ0) is 21.7. The van der Waals surface area contributed by atoms with Crippen LogP contribution in [0.25, 0.3) is 15.8 Å². The maximum Gasteiger partial charge on any atom is 0.500 e. The first kappa shape index (κ1) is 23.9. The van der Waals surface area contributed by atoms with E-state index in [4.69, 9.17) is 54.9 Å². The van der Waals surface area contributed by atoms with E-state index >= 15 is 0 Å². The number of allylic oxidation sites excluding steroid dienone is 2. The summed E-state index contributed by atoms with van der Waals surface area (Å²) in [5.74, 6) is -0.122. The highest BCUT2D eigenvalue weighted by Gasteiger charge is 2.42. The largest absolute Gasteiger partial charge is 0.500 e. The summed E-state index contributed by atoms with van der Waals surface area (Å²) in [6.45, 7) is 7.50. The van der Waals surface area contributed by atoms with E-state index in [1.807, 2.05) is 45.0 Å². The summed E-state index contributed by atoms with van der Waals surface area (Å²) in [5, 5.41) is 0.888. The Balaban J connectivity index is 1.86. The summed E-state index contributed by atoms with van der Waals surface area (Å²) in [6, 6.07) is 8.72. The van der Waals surface area contributed by atoms with Gasteiger partial charge in [-0.2, -0.15) is 0 Å². The lowest BCUT2D eigenvalue weighted by Gasteiger charge is -2.31. The molecule has 160 valence electrons. The van der Waals surface area contributed by atoms with Gasteiger partial charge >= 0.3 is 8.80 Å². The lowest BCUT2D eigenvalue weighted by molar-refractivity contribution is 0.0706. The van der Waals surface area contributed by atoms with E-state index in [-0.39, 0.29) is 5.92 Å². The fraction of sp³-hybridized carbons (Fsp3) is 0.429. The van der Waals surface area contributed by atoms with Crippen LogP contribution in [-0.2, 0) is 13.3 Å². The Bertz CT molecular complexity index is 938. The minimum Gasteiger partial charge on any atom is -0.374 e. The van der Waals surface area contributed by atoms with Crippen molar-refractivity contribution in [2.45, 2.75) is 33.2 Å². The summed E-state index contributed by atoms with van der Waals surface area (Å²) < 4.78 is 19.1. The van der Waals surface area contributed by atoms with Gasteiger partial charge in [0.05, 0.1) is 15.1 Å². The molecule has 0 aliphatic heterocycles. The minimum absolute atomic E-state index is 0.122. The molecule has 1 aromatic carbocycles. The number of rotatable bonds is 10. The highest BCUT2D eigenvalue weighted by atomic mass is 32.1. The van der Waals surface area contributed by atoms with E-state index in [2.05, 4.69) is 6.07 Å². The van der Waals surface area contributed by atoms with Crippen LogP contribution < -0.4 is 0 Å². The van der Waals surface area contributed by atoms with E-state index in [0.717, 1.165) is 25.7 Å². The Labute approximate surface area is 199 Å². The highest BCUT2D eigenvalue weighted by Crippen LogP contribution is 2.35. The van der Waals surface area contributed by atoms with Crippen LogP contribution in [0.4, 0.5) is 0 Å². The number of thiocarbonyl (C=S) groups is 3. The Morgan fingerprint density at radius 2 is 1.60 bits per heavy atom. The maximum atomic E-state index is 6.00. The molecule has 1 aromatic heterocycles. The number of benzene rings is 1. The number of para-hydroxylation sites is 1. The second-order valence-electron chi connectivity index (χ2n) is 6.71. The van der Waals surface area contributed by atoms with Crippen molar-refractivity contribution < 1.29 is 13.3 Å². The fourth-order valence-electron chi connectivity index (χ4n) is 3.49. The lowest BCUT2D eigenvalue weighted by atomic mass is 9.86. The van der Waals surface area contributed by atoms with Gasteiger partial charge in [0.25, 0.3) is 0 Å². The average Bonchev–Trinajstić information content (AvgIpc) is 3.15. The molecule has 1 heterocycles. The van der Waals surface area contributed by atoms with Crippen molar-refractivity contribution in [3.63, 3.8) is 0 Å². The van der Waals surface area contributed by atoms with Crippen molar-refractivity contribution in [1.29, 1.82) is 0 Å². The van der Waals surface area contributed by atoms with Gasteiger partial charge in [0.1, 0.15) is 5.01 Å². The van der Waals surface area contributed by atoms with Crippen molar-refractivity contribution >= 4 is 87.2 Å². The van der Waals surface area contributed by atoms with Crippen molar-refractivity contribution in [2.24, 2.45) is 5.92 Å². The third-order valence-corrected chi connectivity index (χ3v) is 10.4. The van der Waals surface area contributed by atoms with E-state index in [1.54, 1.807) is 11.3 Å². The van der Waals surface area contributed by atoms with Gasteiger partial charge in [-0.15, -0.1) is 11.3 Å². The summed E-state index contributed by atoms with van der Waals surface area (Å²) >= 11 is 18.8. The van der Waals surface area contributed by atoms with E-state index in [1.165, 1.54) is 0 Å². The smallest absolute Gasteiger partial charge is 0.374 e. The Hall–Kier alpha value is -0.783. The zero-order valence-corrected chi connectivity index (χ0v) is 21.6. The van der Waals surface area contributed by atoms with Gasteiger partial charge < -0.3 is 13.3 Å². The molecule has 0 fully saturated rings. The van der Waals surface area contributed by atoms with Gasteiger partial charge in [-0.25, -0.2) is 4.98 Å². The normalized spacial score (nSPS) is 17.6. The SMILES string of the molecule is CCO[Si](CCC1C(=S)C(=S)C=C(c2nc3ccccc3s2)C1=S)(OCC)OCC. The predicted molar refractivity (Wildman–Crippen MR) is 139 cm³/mol. The second-order valence-corrected chi connectivity index (χ2v) is 11.8. The third kappa shape index (κ3) is 5.16. The van der Waals surface area contributed by atoms with Crippen LogP contribution in [0.3, 0.4) is 0 Å². The van der Waals surface area contributed by atoms with Crippen LogP contribution in [0.1, 0.15) is 32.2 Å². The number of thiazole rings is 1. The molecule has 0 amide bonds. The Kier molecular flexibility index (Phi) is 8.51. The molecule has 0 spiro atoms. The molecule has 9 heteroatoms. The topological polar surface area (TPSA) is 40.6 Å². The van der Waals surface area contributed by atoms with Crippen LogP contribution in [0.5, 0.6) is 0 Å². The quantitative estimate of drug-likeness (QED) is 0.302. The summed E-state index contributed by atoms with van der Waals surface area (Å²) in [7, 11) is -2.78. The molecule has 0 radical (unpaired) electrons. The molecule has 1 unspecified atom stereocenters. The predicted octanol–water partition coefficient (Wildman–Crippen LogP) is 5.86. The van der Waals surface area contributed by atoms with Crippen LogP contribution >= 0.6 is 48.0 Å². The van der Waals surface area contributed by atoms with Crippen molar-refractivity contribution in [3.05, 3.63) is 35.3 Å². The molecule has 0 N–H and O–H groups in total. The van der Waals surface area contributed by atoms with Crippen LogP contribution in [0.2, 0.25) is 6.04 Å². The van der Waals surface area contributed by atoms with E-state index in [9.17, 15) is 0 Å². The maximum absolute atomic E-state index is 6.00. The molecule has 1 atom stereocenters. The van der Waals surface area contributed by atoms with Crippen molar-refractivity contribution in [3.8, 4) is 0 Å². The van der Waals surface area contributed by atoms with Crippen molar-refractivity contribution in [1.82, 2.24) is 4.98 Å². The molecule has 1 aliphatic rings. The molecule has 4 nitrogen and oxygen atoms in total. The van der Waals surface area contributed by atoms with E-state index in [0.29, 0.717) is 42.0 Å². The first-order chi connectivity index (χ1) is 14.4. The number of nitrogens with zero attached hydrogens (tertiary/aromatic N) is 1. The van der Waals surface area contributed by atoms with Gasteiger partial charge in [0.15, 0.2) is 0 Å². The number of aromatic nitrogens is 1. The van der Waals surface area contributed by atoms with Crippen LogP contribution in [0.15, 0.2) is 30.3 Å². The average molecular weight is 496 g/mol. The van der Waals surface area contributed by atoms with Crippen LogP contribution in [0, 0.1) is 5.92 Å². The first-order valence-electron chi connectivity index (χ1n) is 10.1. The standard InChI is InChI=1S/C21H25NO3S4Si/c1-4-23-30(24-5-2,25-6-3)12-11-14-19(27)15(13-17(26)20(14)28)21-22-16-9-7-8-10-18(16)29-21/h7-10,13-14H,4-6,11-12H2,1-3H3. The molecule has 2 aromatic rings. The molecule has 30 heavy (non-hydrogen) atoms. The summed E-state index contributed by atoms with van der Waals surface area (Å²) in [5.41, 5.74) is 1.87. The molecular formula is C21H25NO3S4Si. The number of hydrogen-bond acceptors (Lipinski definition) is 8. The van der Waals surface area contributed by atoms with E-state index < -0.39 is 8.80 Å². The summed E-state index contributed by atoms with van der Waals surface area (Å²) in [6.07, 6.45) is 2.60. The molecule has 1 aliphatic carbocycles. The first-order valence-corrected chi connectivity index (χ1v) is 14.0. The molecule has 3 rings (SSSR count). The van der Waals surface area contributed by atoms with Gasteiger partial charge in [0, 0.05) is 47.1 Å². The number of hydrogen-bond donors (Lipinski definition) is 0. The molecule has 0 bridgehead atoms. The fourth-order valence-corrected chi connectivity index (χ4v) is 8.22.